The molecule has 0 saturated carbocycles. The minimum Gasteiger partial charge on any atom is -0.389 e. The quantitative estimate of drug-likeness (QED) is 0.750. The third-order valence-corrected chi connectivity index (χ3v) is 5.49. The van der Waals surface area contributed by atoms with Crippen LogP contribution < -0.4 is 5.32 Å². The second kappa shape index (κ2) is 7.55. The highest BCUT2D eigenvalue weighted by atomic mass is 16.3. The van der Waals surface area contributed by atoms with Crippen molar-refractivity contribution in [1.29, 1.82) is 0 Å². The zero-order chi connectivity index (χ0) is 17.9. The van der Waals surface area contributed by atoms with Crippen molar-refractivity contribution in [2.75, 3.05) is 0 Å². The highest BCUT2D eigenvalue weighted by molar-refractivity contribution is 5.27. The Bertz CT molecular complexity index is 682. The van der Waals surface area contributed by atoms with Crippen LogP contribution in [0.2, 0.25) is 0 Å². The summed E-state index contributed by atoms with van der Waals surface area (Å²) in [6.07, 6.45) is 3.18. The van der Waals surface area contributed by atoms with Crippen LogP contribution in [0.25, 0.3) is 0 Å². The molecule has 2 nitrogen and oxygen atoms in total. The molecule has 1 fully saturated rings. The van der Waals surface area contributed by atoms with E-state index in [4.69, 9.17) is 0 Å². The van der Waals surface area contributed by atoms with Crippen molar-refractivity contribution in [3.8, 4) is 0 Å². The van der Waals surface area contributed by atoms with E-state index in [2.05, 4.69) is 74.3 Å². The van der Waals surface area contributed by atoms with Crippen LogP contribution in [-0.4, -0.2) is 10.7 Å². The van der Waals surface area contributed by atoms with Crippen molar-refractivity contribution in [2.24, 2.45) is 11.8 Å². The summed E-state index contributed by atoms with van der Waals surface area (Å²) >= 11 is 0. The normalized spacial score (nSPS) is 29.5. The van der Waals surface area contributed by atoms with E-state index in [1.54, 1.807) is 0 Å². The maximum absolute atomic E-state index is 11.7. The highest BCUT2D eigenvalue weighted by Gasteiger charge is 2.48. The van der Waals surface area contributed by atoms with Crippen LogP contribution in [0.15, 0.2) is 73.3 Å². The minimum absolute atomic E-state index is 0.116. The average molecular weight is 335 g/mol. The molecule has 0 amide bonds. The standard InChI is InChI=1S/C23H29NO/c1-4-15-23(25)16-20(18-11-7-5-8-12-18)24-22(21(23)17(2)3)19-13-9-6-10-14-19/h4-14,17,20-22,24-25H,1,15-16H2,2-3H3/t20-,21+,22-,23+/m1/s1. The van der Waals surface area contributed by atoms with Crippen LogP contribution in [0.5, 0.6) is 0 Å². The summed E-state index contributed by atoms with van der Waals surface area (Å²) in [6.45, 7) is 8.32. The SMILES string of the molecule is C=CC[C@]1(O)C[C@H](c2ccccc2)N[C@H](c2ccccc2)[C@@H]1C(C)C. The smallest absolute Gasteiger partial charge is 0.0748 e. The Morgan fingerprint density at radius 1 is 1.08 bits per heavy atom. The van der Waals surface area contributed by atoms with E-state index in [1.807, 2.05) is 18.2 Å². The van der Waals surface area contributed by atoms with Crippen LogP contribution in [0.4, 0.5) is 0 Å². The molecule has 1 saturated heterocycles. The predicted molar refractivity (Wildman–Crippen MR) is 104 cm³/mol. The van der Waals surface area contributed by atoms with E-state index in [9.17, 15) is 5.11 Å². The number of nitrogens with one attached hydrogen (secondary N) is 1. The number of piperidine rings is 1. The van der Waals surface area contributed by atoms with Gasteiger partial charge in [0.1, 0.15) is 0 Å². The van der Waals surface area contributed by atoms with Crippen molar-refractivity contribution >= 4 is 0 Å². The van der Waals surface area contributed by atoms with Gasteiger partial charge in [-0.2, -0.15) is 0 Å². The molecule has 2 N–H and O–H groups in total. The number of aliphatic hydroxyl groups is 1. The van der Waals surface area contributed by atoms with E-state index in [0.29, 0.717) is 18.8 Å². The van der Waals surface area contributed by atoms with Gasteiger partial charge in [-0.15, -0.1) is 6.58 Å². The average Bonchev–Trinajstić information content (AvgIpc) is 2.62. The summed E-state index contributed by atoms with van der Waals surface area (Å²) < 4.78 is 0. The summed E-state index contributed by atoms with van der Waals surface area (Å²) in [6, 6.07) is 21.2. The van der Waals surface area contributed by atoms with Crippen molar-refractivity contribution in [3.63, 3.8) is 0 Å². The molecule has 0 unspecified atom stereocenters. The molecule has 3 rings (SSSR count). The van der Waals surface area contributed by atoms with E-state index in [1.165, 1.54) is 11.1 Å². The first-order valence-corrected chi connectivity index (χ1v) is 9.24. The molecule has 2 heteroatoms. The molecule has 1 aliphatic heterocycles. The first-order valence-electron chi connectivity index (χ1n) is 9.24. The van der Waals surface area contributed by atoms with Gasteiger partial charge in [-0.3, -0.25) is 0 Å². The van der Waals surface area contributed by atoms with Crippen LogP contribution in [0.1, 0.15) is 49.9 Å². The Morgan fingerprint density at radius 2 is 1.64 bits per heavy atom. The van der Waals surface area contributed by atoms with Crippen LogP contribution in [-0.2, 0) is 0 Å². The zero-order valence-corrected chi connectivity index (χ0v) is 15.2. The summed E-state index contributed by atoms with van der Waals surface area (Å²) in [4.78, 5) is 0. The summed E-state index contributed by atoms with van der Waals surface area (Å²) in [7, 11) is 0. The monoisotopic (exact) mass is 335 g/mol. The number of hydrogen-bond donors (Lipinski definition) is 2. The molecule has 2 aromatic carbocycles. The predicted octanol–water partition coefficient (Wildman–Crippen LogP) is 5.04. The van der Waals surface area contributed by atoms with E-state index >= 15 is 0 Å². The molecule has 1 aliphatic rings. The Kier molecular flexibility index (Phi) is 5.41. The Morgan fingerprint density at radius 3 is 2.16 bits per heavy atom. The Balaban J connectivity index is 2.04. The first-order chi connectivity index (χ1) is 12.0. The van der Waals surface area contributed by atoms with Crippen molar-refractivity contribution < 1.29 is 5.11 Å². The Labute approximate surface area is 151 Å². The van der Waals surface area contributed by atoms with E-state index in [-0.39, 0.29) is 18.0 Å². The van der Waals surface area contributed by atoms with Gasteiger partial charge in [0, 0.05) is 18.0 Å². The third-order valence-electron chi connectivity index (χ3n) is 5.49. The summed E-state index contributed by atoms with van der Waals surface area (Å²) in [5, 5.41) is 15.5. The van der Waals surface area contributed by atoms with Crippen LogP contribution in [0, 0.1) is 11.8 Å². The molecule has 132 valence electrons. The molecule has 2 aromatic rings. The third kappa shape index (κ3) is 3.70. The number of rotatable bonds is 5. The molecule has 0 aromatic heterocycles. The minimum atomic E-state index is -0.762. The fourth-order valence-electron chi connectivity index (χ4n) is 4.52. The van der Waals surface area contributed by atoms with Crippen LogP contribution >= 0.6 is 0 Å². The second-order valence-electron chi connectivity index (χ2n) is 7.59. The lowest BCUT2D eigenvalue weighted by Crippen LogP contribution is -2.54. The van der Waals surface area contributed by atoms with Gasteiger partial charge in [-0.1, -0.05) is 80.6 Å². The molecule has 0 aliphatic carbocycles. The van der Waals surface area contributed by atoms with Gasteiger partial charge in [0.05, 0.1) is 5.60 Å². The van der Waals surface area contributed by atoms with Gasteiger partial charge in [-0.25, -0.2) is 0 Å². The lowest BCUT2D eigenvalue weighted by molar-refractivity contribution is -0.0902. The summed E-state index contributed by atoms with van der Waals surface area (Å²) in [5.41, 5.74) is 1.71. The number of hydrogen-bond acceptors (Lipinski definition) is 2. The molecule has 1 heterocycles. The van der Waals surface area contributed by atoms with Gasteiger partial charge in [0.15, 0.2) is 0 Å². The molecule has 0 spiro atoms. The lowest BCUT2D eigenvalue weighted by atomic mass is 9.65. The Hall–Kier alpha value is -1.90. The van der Waals surface area contributed by atoms with Gasteiger partial charge < -0.3 is 10.4 Å². The van der Waals surface area contributed by atoms with Gasteiger partial charge in [0.25, 0.3) is 0 Å². The van der Waals surface area contributed by atoms with Crippen molar-refractivity contribution in [2.45, 2.75) is 44.4 Å². The molecular formula is C23H29NO. The van der Waals surface area contributed by atoms with E-state index < -0.39 is 5.60 Å². The van der Waals surface area contributed by atoms with Gasteiger partial charge in [-0.05, 0) is 29.9 Å². The molecule has 4 atom stereocenters. The molecule has 25 heavy (non-hydrogen) atoms. The summed E-state index contributed by atoms with van der Waals surface area (Å²) in [5.74, 6) is 0.493. The van der Waals surface area contributed by atoms with Gasteiger partial charge >= 0.3 is 0 Å². The fourth-order valence-corrected chi connectivity index (χ4v) is 4.52. The first kappa shape index (κ1) is 17.9. The van der Waals surface area contributed by atoms with Crippen molar-refractivity contribution in [3.05, 3.63) is 84.4 Å². The topological polar surface area (TPSA) is 32.3 Å². The number of benzene rings is 2. The van der Waals surface area contributed by atoms with E-state index in [0.717, 1.165) is 0 Å². The largest absolute Gasteiger partial charge is 0.389 e. The fraction of sp³-hybridized carbons (Fsp3) is 0.391. The van der Waals surface area contributed by atoms with Crippen molar-refractivity contribution in [1.82, 2.24) is 5.32 Å². The maximum Gasteiger partial charge on any atom is 0.0748 e. The zero-order valence-electron chi connectivity index (χ0n) is 15.2. The van der Waals surface area contributed by atoms with Crippen LogP contribution in [0.3, 0.4) is 0 Å². The second-order valence-corrected chi connectivity index (χ2v) is 7.59. The van der Waals surface area contributed by atoms with Gasteiger partial charge in [0.2, 0.25) is 0 Å². The molecule has 0 bridgehead atoms. The maximum atomic E-state index is 11.7. The highest BCUT2D eigenvalue weighted by Crippen LogP contribution is 2.48. The molecule has 0 radical (unpaired) electrons. The molecular weight excluding hydrogens is 306 g/mol. The lowest BCUT2D eigenvalue weighted by Gasteiger charge is -2.50.